The van der Waals surface area contributed by atoms with E-state index >= 15 is 0 Å². The molecule has 0 amide bonds. The van der Waals surface area contributed by atoms with Crippen LogP contribution in [0.25, 0.3) is 16.9 Å². The highest BCUT2D eigenvalue weighted by Crippen LogP contribution is 2.40. The average Bonchev–Trinajstić information content (AvgIpc) is 2.98. The van der Waals surface area contributed by atoms with Crippen LogP contribution in [0.2, 0.25) is 0 Å². The number of nitro groups is 1. The second kappa shape index (κ2) is 5.99. The van der Waals surface area contributed by atoms with Crippen molar-refractivity contribution in [3.63, 3.8) is 0 Å². The first-order chi connectivity index (χ1) is 11.6. The lowest BCUT2D eigenvalue weighted by molar-refractivity contribution is -0.385. The zero-order chi connectivity index (χ0) is 17.3. The molecule has 3 rings (SSSR count). The third kappa shape index (κ3) is 2.34. The molecule has 0 N–H and O–H groups in total. The van der Waals surface area contributed by atoms with Crippen LogP contribution < -0.4 is 9.47 Å². The lowest BCUT2D eigenvalue weighted by Crippen LogP contribution is -1.98. The number of rotatable bonds is 5. The Balaban J connectivity index is 2.33. The standard InChI is InChI=1S/C16H13N3O5/c1-23-13-8-11(19(21)22)14(24-2)7-10(13)16-12(9-20)18-6-4-3-5-15(18)17-16/h3-9H,1-2H3. The van der Waals surface area contributed by atoms with Gasteiger partial charge in [-0.3, -0.25) is 19.3 Å². The molecule has 24 heavy (non-hydrogen) atoms. The molecule has 3 aromatic rings. The molecule has 0 saturated carbocycles. The van der Waals surface area contributed by atoms with Crippen molar-refractivity contribution in [3.8, 4) is 22.8 Å². The minimum atomic E-state index is -0.560. The Bertz CT molecular complexity index is 948. The maximum Gasteiger partial charge on any atom is 0.314 e. The van der Waals surface area contributed by atoms with Gasteiger partial charge in [0.25, 0.3) is 0 Å². The first-order valence-corrected chi connectivity index (χ1v) is 6.93. The van der Waals surface area contributed by atoms with E-state index in [1.54, 1.807) is 28.8 Å². The van der Waals surface area contributed by atoms with Crippen LogP contribution >= 0.6 is 0 Å². The maximum absolute atomic E-state index is 11.6. The summed E-state index contributed by atoms with van der Waals surface area (Å²) in [4.78, 5) is 26.6. The van der Waals surface area contributed by atoms with Gasteiger partial charge in [-0.25, -0.2) is 4.98 Å². The van der Waals surface area contributed by atoms with E-state index < -0.39 is 4.92 Å². The summed E-state index contributed by atoms with van der Waals surface area (Å²) in [7, 11) is 2.73. The molecule has 2 aromatic heterocycles. The normalized spacial score (nSPS) is 10.6. The molecule has 0 atom stereocenters. The van der Waals surface area contributed by atoms with Gasteiger partial charge in [0.2, 0.25) is 0 Å². The number of carbonyl (C=O) groups is 1. The largest absolute Gasteiger partial charge is 0.496 e. The van der Waals surface area contributed by atoms with Crippen molar-refractivity contribution in [1.82, 2.24) is 9.38 Å². The Hall–Kier alpha value is -3.42. The fraction of sp³-hybridized carbons (Fsp3) is 0.125. The predicted octanol–water partition coefficient (Wildman–Crippen LogP) is 2.74. The highest BCUT2D eigenvalue weighted by Gasteiger charge is 2.24. The molecule has 0 saturated heterocycles. The zero-order valence-corrected chi connectivity index (χ0v) is 12.9. The molecule has 0 unspecified atom stereocenters. The summed E-state index contributed by atoms with van der Waals surface area (Å²) in [5.41, 5.74) is 1.47. The SMILES string of the molecule is COc1cc([N+](=O)[O-])c(OC)cc1-c1nc2ccccn2c1C=O. The lowest BCUT2D eigenvalue weighted by Gasteiger charge is -2.10. The molecule has 8 heteroatoms. The van der Waals surface area contributed by atoms with Crippen molar-refractivity contribution in [2.45, 2.75) is 0 Å². The second-order valence-electron chi connectivity index (χ2n) is 4.87. The molecular weight excluding hydrogens is 314 g/mol. The number of aromatic nitrogens is 2. The number of imidazole rings is 1. The van der Waals surface area contributed by atoms with Gasteiger partial charge >= 0.3 is 5.69 Å². The van der Waals surface area contributed by atoms with E-state index in [1.807, 2.05) is 0 Å². The van der Waals surface area contributed by atoms with Crippen LogP contribution in [0.1, 0.15) is 10.5 Å². The van der Waals surface area contributed by atoms with Gasteiger partial charge in [0.15, 0.2) is 12.0 Å². The van der Waals surface area contributed by atoms with Crippen LogP contribution in [0.5, 0.6) is 11.5 Å². The van der Waals surface area contributed by atoms with E-state index in [0.29, 0.717) is 28.9 Å². The molecule has 1 aromatic carbocycles. The summed E-state index contributed by atoms with van der Waals surface area (Å²) in [6, 6.07) is 8.04. The van der Waals surface area contributed by atoms with E-state index in [9.17, 15) is 14.9 Å². The number of hydrogen-bond donors (Lipinski definition) is 0. The van der Waals surface area contributed by atoms with Crippen LogP contribution in [-0.4, -0.2) is 34.8 Å². The topological polar surface area (TPSA) is 96.0 Å². The average molecular weight is 327 g/mol. The van der Waals surface area contributed by atoms with Crippen LogP contribution in [0, 0.1) is 10.1 Å². The summed E-state index contributed by atoms with van der Waals surface area (Å²) in [5.74, 6) is 0.290. The Kier molecular flexibility index (Phi) is 3.87. The molecule has 0 fully saturated rings. The Morgan fingerprint density at radius 2 is 1.96 bits per heavy atom. The van der Waals surface area contributed by atoms with E-state index in [-0.39, 0.29) is 17.2 Å². The summed E-state index contributed by atoms with van der Waals surface area (Å²) in [5, 5.41) is 11.2. The molecule has 0 spiro atoms. The van der Waals surface area contributed by atoms with E-state index in [0.717, 1.165) is 0 Å². The quantitative estimate of drug-likeness (QED) is 0.406. The van der Waals surface area contributed by atoms with Crippen LogP contribution in [0.4, 0.5) is 5.69 Å². The lowest BCUT2D eigenvalue weighted by atomic mass is 10.1. The number of aldehydes is 1. The summed E-state index contributed by atoms with van der Waals surface area (Å²) < 4.78 is 12.0. The van der Waals surface area contributed by atoms with Crippen molar-refractivity contribution < 1.29 is 19.2 Å². The van der Waals surface area contributed by atoms with Crippen LogP contribution in [0.3, 0.4) is 0 Å². The summed E-state index contributed by atoms with van der Waals surface area (Å²) in [6.07, 6.45) is 2.40. The number of carbonyl (C=O) groups excluding carboxylic acids is 1. The third-order valence-corrected chi connectivity index (χ3v) is 3.63. The third-order valence-electron chi connectivity index (χ3n) is 3.63. The Morgan fingerprint density at radius 1 is 1.21 bits per heavy atom. The fourth-order valence-electron chi connectivity index (χ4n) is 2.53. The van der Waals surface area contributed by atoms with Gasteiger partial charge in [-0.2, -0.15) is 0 Å². The van der Waals surface area contributed by atoms with Crippen LogP contribution in [-0.2, 0) is 0 Å². The van der Waals surface area contributed by atoms with Gasteiger partial charge in [0.05, 0.1) is 25.2 Å². The molecule has 0 bridgehead atoms. The molecule has 0 radical (unpaired) electrons. The molecule has 0 aliphatic rings. The number of nitrogens with zero attached hydrogens (tertiary/aromatic N) is 3. The number of methoxy groups -OCH3 is 2. The number of nitro benzene ring substituents is 1. The van der Waals surface area contributed by atoms with Crippen molar-refractivity contribution in [3.05, 3.63) is 52.3 Å². The highest BCUT2D eigenvalue weighted by molar-refractivity contribution is 5.89. The van der Waals surface area contributed by atoms with Crippen molar-refractivity contribution in [1.29, 1.82) is 0 Å². The number of hydrogen-bond acceptors (Lipinski definition) is 6. The minimum absolute atomic E-state index is 0.0599. The van der Waals surface area contributed by atoms with Gasteiger partial charge in [-0.05, 0) is 12.1 Å². The summed E-state index contributed by atoms with van der Waals surface area (Å²) in [6.45, 7) is 0. The monoisotopic (exact) mass is 327 g/mol. The van der Waals surface area contributed by atoms with Gasteiger partial charge < -0.3 is 9.47 Å². The molecular formula is C16H13N3O5. The minimum Gasteiger partial charge on any atom is -0.496 e. The first-order valence-electron chi connectivity index (χ1n) is 6.93. The van der Waals surface area contributed by atoms with E-state index in [1.165, 1.54) is 26.4 Å². The molecule has 122 valence electrons. The second-order valence-corrected chi connectivity index (χ2v) is 4.87. The van der Waals surface area contributed by atoms with Crippen molar-refractivity contribution >= 4 is 17.6 Å². The molecule has 0 aliphatic heterocycles. The number of benzene rings is 1. The molecule has 8 nitrogen and oxygen atoms in total. The van der Waals surface area contributed by atoms with Gasteiger partial charge in [0.1, 0.15) is 22.8 Å². The van der Waals surface area contributed by atoms with Crippen molar-refractivity contribution in [2.75, 3.05) is 14.2 Å². The smallest absolute Gasteiger partial charge is 0.314 e. The summed E-state index contributed by atoms with van der Waals surface area (Å²) >= 11 is 0. The van der Waals surface area contributed by atoms with E-state index in [2.05, 4.69) is 4.98 Å². The number of pyridine rings is 1. The van der Waals surface area contributed by atoms with Crippen LogP contribution in [0.15, 0.2) is 36.5 Å². The number of ether oxygens (including phenoxy) is 2. The first kappa shape index (κ1) is 15.5. The molecule has 2 heterocycles. The maximum atomic E-state index is 11.6. The van der Waals surface area contributed by atoms with Gasteiger partial charge in [0, 0.05) is 17.8 Å². The van der Waals surface area contributed by atoms with E-state index in [4.69, 9.17) is 9.47 Å². The van der Waals surface area contributed by atoms with Crippen molar-refractivity contribution in [2.24, 2.45) is 0 Å². The highest BCUT2D eigenvalue weighted by atomic mass is 16.6. The van der Waals surface area contributed by atoms with Gasteiger partial charge in [-0.15, -0.1) is 0 Å². The zero-order valence-electron chi connectivity index (χ0n) is 12.9. The Labute approximate surface area is 136 Å². The fourth-order valence-corrected chi connectivity index (χ4v) is 2.53. The molecule has 0 aliphatic carbocycles. The number of fused-ring (bicyclic) bond motifs is 1. The predicted molar refractivity (Wildman–Crippen MR) is 85.8 cm³/mol. The Morgan fingerprint density at radius 3 is 2.58 bits per heavy atom. The van der Waals surface area contributed by atoms with Gasteiger partial charge in [-0.1, -0.05) is 6.07 Å².